The minimum Gasteiger partial charge on any atom is -0.495 e. The van der Waals surface area contributed by atoms with E-state index in [1.807, 2.05) is 67.6 Å². The molecule has 0 radical (unpaired) electrons. The molecule has 1 saturated heterocycles. The Morgan fingerprint density at radius 3 is 2.41 bits per heavy atom. The van der Waals surface area contributed by atoms with E-state index < -0.39 is 0 Å². The maximum absolute atomic E-state index is 13.1. The van der Waals surface area contributed by atoms with E-state index in [9.17, 15) is 4.79 Å². The van der Waals surface area contributed by atoms with Crippen molar-refractivity contribution in [2.24, 2.45) is 0 Å². The molecule has 3 aromatic carbocycles. The highest BCUT2D eigenvalue weighted by Crippen LogP contribution is 2.30. The fraction of sp³-hybridized carbons (Fsp3) is 0.300. The molecule has 1 aromatic heterocycles. The van der Waals surface area contributed by atoms with E-state index in [0.717, 1.165) is 62.7 Å². The highest BCUT2D eigenvalue weighted by Gasteiger charge is 2.19. The molecule has 1 aliphatic heterocycles. The molecule has 194 valence electrons. The van der Waals surface area contributed by atoms with Gasteiger partial charge in [-0.25, -0.2) is 0 Å². The second-order valence-corrected chi connectivity index (χ2v) is 9.21. The topological polar surface area (TPSA) is 58.0 Å². The molecule has 0 unspecified atom stereocenters. The van der Waals surface area contributed by atoms with Gasteiger partial charge in [0.15, 0.2) is 11.0 Å². The number of anilines is 2. The van der Waals surface area contributed by atoms with Crippen LogP contribution in [0, 0.1) is 6.92 Å². The third-order valence-corrected chi connectivity index (χ3v) is 6.95. The van der Waals surface area contributed by atoms with Gasteiger partial charge in [0.05, 0.1) is 23.9 Å². The first-order valence-electron chi connectivity index (χ1n) is 12.6. The zero-order chi connectivity index (χ0) is 24.9. The molecule has 0 saturated carbocycles. The summed E-state index contributed by atoms with van der Waals surface area (Å²) in [7, 11) is 1.73. The normalized spacial score (nSPS) is 13.8. The zero-order valence-corrected chi connectivity index (χ0v) is 22.2. The number of nitrogens with one attached hydrogen (secondary N) is 1. The highest BCUT2D eigenvalue weighted by atomic mass is 35.5. The van der Waals surface area contributed by atoms with Crippen LogP contribution >= 0.6 is 12.4 Å². The number of hydrogen-bond acceptors (Lipinski definition) is 6. The average molecular weight is 520 g/mol. The molecule has 0 atom stereocenters. The number of ether oxygens (including phenoxy) is 1. The van der Waals surface area contributed by atoms with Crippen LogP contribution in [0.5, 0.6) is 5.75 Å². The molecule has 1 N–H and O–H groups in total. The first-order valence-corrected chi connectivity index (χ1v) is 12.6. The molecule has 5 rings (SSSR count). The summed E-state index contributed by atoms with van der Waals surface area (Å²) < 4.78 is 11.9. The highest BCUT2D eigenvalue weighted by molar-refractivity contribution is 5.90. The van der Waals surface area contributed by atoms with Gasteiger partial charge < -0.3 is 19.4 Å². The van der Waals surface area contributed by atoms with Crippen LogP contribution in [0.25, 0.3) is 22.3 Å². The predicted molar refractivity (Wildman–Crippen MR) is 155 cm³/mol. The van der Waals surface area contributed by atoms with Gasteiger partial charge in [-0.05, 0) is 44.2 Å². The van der Waals surface area contributed by atoms with Crippen molar-refractivity contribution in [1.82, 2.24) is 4.90 Å². The molecule has 0 spiro atoms. The Morgan fingerprint density at radius 1 is 0.919 bits per heavy atom. The SMILES string of the molecule is COc1ccccc1N1CCN(CCCNc2cccc3c(=O)c(C)c(-c4ccccc4)oc23)CC1.Cl. The summed E-state index contributed by atoms with van der Waals surface area (Å²) >= 11 is 0. The smallest absolute Gasteiger partial charge is 0.196 e. The monoisotopic (exact) mass is 519 g/mol. The lowest BCUT2D eigenvalue weighted by Crippen LogP contribution is -2.46. The van der Waals surface area contributed by atoms with Gasteiger partial charge in [0.25, 0.3) is 0 Å². The predicted octanol–water partition coefficient (Wildman–Crippen LogP) is 5.82. The third-order valence-electron chi connectivity index (χ3n) is 6.95. The Bertz CT molecular complexity index is 1380. The number of rotatable bonds is 8. The zero-order valence-electron chi connectivity index (χ0n) is 21.4. The summed E-state index contributed by atoms with van der Waals surface area (Å²) in [5.41, 5.74) is 4.23. The van der Waals surface area contributed by atoms with Crippen LogP contribution in [0.2, 0.25) is 0 Å². The van der Waals surface area contributed by atoms with Gasteiger partial charge in [-0.2, -0.15) is 0 Å². The second kappa shape index (κ2) is 12.2. The van der Waals surface area contributed by atoms with Gasteiger partial charge in [-0.3, -0.25) is 9.69 Å². The average Bonchev–Trinajstić information content (AvgIpc) is 2.94. The lowest BCUT2D eigenvalue weighted by atomic mass is 10.1. The second-order valence-electron chi connectivity index (χ2n) is 9.21. The quantitative estimate of drug-likeness (QED) is 0.296. The molecular formula is C30H34ClN3O3. The largest absolute Gasteiger partial charge is 0.495 e. The van der Waals surface area contributed by atoms with Crippen LogP contribution in [0.3, 0.4) is 0 Å². The minimum atomic E-state index is 0. The molecule has 0 amide bonds. The molecule has 4 aromatic rings. The van der Waals surface area contributed by atoms with Crippen molar-refractivity contribution in [3.8, 4) is 17.1 Å². The van der Waals surface area contributed by atoms with Crippen LogP contribution in [0.15, 0.2) is 82.0 Å². The number of fused-ring (bicyclic) bond motifs is 1. The first kappa shape index (κ1) is 26.6. The standard InChI is InChI=1S/C30H33N3O3.ClH/c1-22-28(34)24-12-8-13-25(30(24)36-29(22)23-10-4-3-5-11-23)31-16-9-17-32-18-20-33(21-19-32)26-14-6-7-15-27(26)35-2;/h3-8,10-15,31H,9,16-21H2,1-2H3;1H. The summed E-state index contributed by atoms with van der Waals surface area (Å²) in [6, 6.07) is 23.8. The van der Waals surface area contributed by atoms with Crippen LogP contribution in [0.1, 0.15) is 12.0 Å². The summed E-state index contributed by atoms with van der Waals surface area (Å²) in [6.07, 6.45) is 1.01. The van der Waals surface area contributed by atoms with Crippen LogP contribution < -0.4 is 20.4 Å². The molecule has 0 bridgehead atoms. The number of halogens is 1. The maximum Gasteiger partial charge on any atom is 0.196 e. The van der Waals surface area contributed by atoms with Crippen molar-refractivity contribution in [3.05, 3.63) is 88.6 Å². The molecule has 0 aliphatic carbocycles. The minimum absolute atomic E-state index is 0. The Morgan fingerprint density at radius 2 is 1.65 bits per heavy atom. The molecule has 7 heteroatoms. The fourth-order valence-electron chi connectivity index (χ4n) is 4.94. The van der Waals surface area contributed by atoms with Crippen LogP contribution in [-0.2, 0) is 0 Å². The molecular weight excluding hydrogens is 486 g/mol. The molecule has 37 heavy (non-hydrogen) atoms. The maximum atomic E-state index is 13.1. The lowest BCUT2D eigenvalue weighted by Gasteiger charge is -2.36. The van der Waals surface area contributed by atoms with Crippen molar-refractivity contribution >= 4 is 34.8 Å². The van der Waals surface area contributed by atoms with Gasteiger partial charge in [-0.1, -0.05) is 48.5 Å². The number of benzene rings is 3. The van der Waals surface area contributed by atoms with E-state index in [0.29, 0.717) is 22.3 Å². The molecule has 2 heterocycles. The van der Waals surface area contributed by atoms with E-state index in [1.54, 1.807) is 7.11 Å². The molecule has 1 aliphatic rings. The van der Waals surface area contributed by atoms with Crippen molar-refractivity contribution in [2.45, 2.75) is 13.3 Å². The number of piperazine rings is 1. The van der Waals surface area contributed by atoms with Crippen LogP contribution in [0.4, 0.5) is 11.4 Å². The summed E-state index contributed by atoms with van der Waals surface area (Å²) in [5, 5.41) is 4.13. The van der Waals surface area contributed by atoms with Crippen molar-refractivity contribution in [1.29, 1.82) is 0 Å². The Labute approximate surface area is 224 Å². The van der Waals surface area contributed by atoms with Gasteiger partial charge in [0, 0.05) is 43.9 Å². The van der Waals surface area contributed by atoms with Crippen molar-refractivity contribution < 1.29 is 9.15 Å². The lowest BCUT2D eigenvalue weighted by molar-refractivity contribution is 0.256. The fourth-order valence-corrected chi connectivity index (χ4v) is 4.94. The Hall–Kier alpha value is -3.48. The van der Waals surface area contributed by atoms with E-state index in [2.05, 4.69) is 27.2 Å². The van der Waals surface area contributed by atoms with E-state index in [-0.39, 0.29) is 17.8 Å². The van der Waals surface area contributed by atoms with E-state index in [4.69, 9.17) is 9.15 Å². The first-order chi connectivity index (χ1) is 17.7. The van der Waals surface area contributed by atoms with Gasteiger partial charge in [-0.15, -0.1) is 12.4 Å². The summed E-state index contributed by atoms with van der Waals surface area (Å²) in [6.45, 7) is 7.71. The van der Waals surface area contributed by atoms with Gasteiger partial charge in [0.1, 0.15) is 11.5 Å². The van der Waals surface area contributed by atoms with Gasteiger partial charge >= 0.3 is 0 Å². The third kappa shape index (κ3) is 5.76. The van der Waals surface area contributed by atoms with Crippen molar-refractivity contribution in [2.75, 3.05) is 56.6 Å². The number of hydrogen-bond donors (Lipinski definition) is 1. The Balaban J connectivity index is 0.00000320. The van der Waals surface area contributed by atoms with E-state index in [1.165, 1.54) is 5.69 Å². The van der Waals surface area contributed by atoms with E-state index >= 15 is 0 Å². The van der Waals surface area contributed by atoms with Crippen molar-refractivity contribution in [3.63, 3.8) is 0 Å². The molecule has 1 fully saturated rings. The summed E-state index contributed by atoms with van der Waals surface area (Å²) in [4.78, 5) is 18.0. The summed E-state index contributed by atoms with van der Waals surface area (Å²) in [5.74, 6) is 1.57. The molecule has 6 nitrogen and oxygen atoms in total. The number of para-hydroxylation sites is 3. The Kier molecular flexibility index (Phi) is 8.74. The van der Waals surface area contributed by atoms with Crippen LogP contribution in [-0.4, -0.2) is 51.3 Å². The van der Waals surface area contributed by atoms with Gasteiger partial charge in [0.2, 0.25) is 0 Å². The number of methoxy groups -OCH3 is 1. The number of nitrogens with zero attached hydrogens (tertiary/aromatic N) is 2.